The van der Waals surface area contributed by atoms with Crippen LogP contribution in [0.4, 0.5) is 0 Å². The summed E-state index contributed by atoms with van der Waals surface area (Å²) in [6.45, 7) is 4.11. The molecule has 130 valence electrons. The van der Waals surface area contributed by atoms with Gasteiger partial charge in [0.1, 0.15) is 5.82 Å². The van der Waals surface area contributed by atoms with Gasteiger partial charge in [0.05, 0.1) is 21.8 Å². The van der Waals surface area contributed by atoms with E-state index in [2.05, 4.69) is 46.5 Å². The van der Waals surface area contributed by atoms with Gasteiger partial charge in [-0.05, 0) is 26.0 Å². The summed E-state index contributed by atoms with van der Waals surface area (Å²) in [4.78, 5) is 24.5. The van der Waals surface area contributed by atoms with E-state index < -0.39 is 0 Å². The number of hydrogen-bond donors (Lipinski definition) is 1. The summed E-state index contributed by atoms with van der Waals surface area (Å²) in [7, 11) is 0. The Morgan fingerprint density at radius 1 is 1.08 bits per heavy atom. The van der Waals surface area contributed by atoms with Crippen LogP contribution in [0, 0.1) is 6.92 Å². The molecule has 0 aliphatic heterocycles. The maximum atomic E-state index is 12.3. The molecule has 0 radical (unpaired) electrons. The lowest BCUT2D eigenvalue weighted by atomic mass is 10.1. The van der Waals surface area contributed by atoms with E-state index in [0.717, 1.165) is 21.1 Å². The summed E-state index contributed by atoms with van der Waals surface area (Å²) in [5, 5.41) is 2.68. The number of rotatable bonds is 4. The average Bonchev–Trinajstić information content (AvgIpc) is 3.10. The summed E-state index contributed by atoms with van der Waals surface area (Å²) in [6, 6.07) is 15.8. The zero-order chi connectivity index (χ0) is 18.1. The molecule has 2 aromatic carbocycles. The van der Waals surface area contributed by atoms with E-state index in [0.29, 0.717) is 11.2 Å². The number of aromatic nitrogens is 3. The van der Waals surface area contributed by atoms with Gasteiger partial charge in [0.25, 0.3) is 5.56 Å². The molecule has 0 amide bonds. The highest BCUT2D eigenvalue weighted by atomic mass is 32.2. The number of H-pyrrole nitrogens is 1. The van der Waals surface area contributed by atoms with Gasteiger partial charge in [-0.1, -0.05) is 53.7 Å². The number of nitrogens with zero attached hydrogens (tertiary/aromatic N) is 2. The Labute approximate surface area is 159 Å². The molecule has 1 atom stereocenters. The Morgan fingerprint density at radius 2 is 1.85 bits per heavy atom. The van der Waals surface area contributed by atoms with Crippen molar-refractivity contribution in [3.05, 3.63) is 75.7 Å². The molecule has 2 heterocycles. The van der Waals surface area contributed by atoms with Gasteiger partial charge >= 0.3 is 0 Å². The predicted molar refractivity (Wildman–Crippen MR) is 109 cm³/mol. The van der Waals surface area contributed by atoms with Gasteiger partial charge in [-0.15, -0.1) is 11.3 Å². The summed E-state index contributed by atoms with van der Waals surface area (Å²) in [5.74, 6) is 0.672. The number of aromatic amines is 1. The van der Waals surface area contributed by atoms with E-state index in [9.17, 15) is 4.79 Å². The molecule has 0 aliphatic rings. The molecule has 2 aromatic heterocycles. The van der Waals surface area contributed by atoms with Crippen LogP contribution in [-0.2, 0) is 0 Å². The zero-order valence-corrected chi connectivity index (χ0v) is 16.0. The predicted octanol–water partition coefficient (Wildman–Crippen LogP) is 5.21. The molecule has 4 rings (SSSR count). The van der Waals surface area contributed by atoms with E-state index in [4.69, 9.17) is 4.98 Å². The van der Waals surface area contributed by atoms with Crippen molar-refractivity contribution >= 4 is 34.0 Å². The van der Waals surface area contributed by atoms with Crippen LogP contribution in [0.3, 0.4) is 0 Å². The van der Waals surface area contributed by atoms with Crippen molar-refractivity contribution in [2.45, 2.75) is 23.4 Å². The molecule has 1 N–H and O–H groups in total. The van der Waals surface area contributed by atoms with Gasteiger partial charge in [0.15, 0.2) is 4.34 Å². The van der Waals surface area contributed by atoms with Crippen molar-refractivity contribution in [3.63, 3.8) is 0 Å². The minimum absolute atomic E-state index is 0.00400. The van der Waals surface area contributed by atoms with E-state index >= 15 is 0 Å². The maximum absolute atomic E-state index is 12.3. The number of hydrogen-bond acceptors (Lipinski definition) is 5. The third-order valence-corrected chi connectivity index (χ3v) is 6.21. The Kier molecular flexibility index (Phi) is 4.61. The van der Waals surface area contributed by atoms with Crippen LogP contribution in [0.2, 0.25) is 0 Å². The molecule has 0 bridgehead atoms. The first-order chi connectivity index (χ1) is 12.6. The number of benzene rings is 2. The Bertz CT molecular complexity index is 1120. The zero-order valence-electron chi connectivity index (χ0n) is 14.4. The summed E-state index contributed by atoms with van der Waals surface area (Å²) in [6.07, 6.45) is 0. The normalized spacial score (nSPS) is 12.4. The van der Waals surface area contributed by atoms with Gasteiger partial charge in [-0.2, -0.15) is 0 Å². The van der Waals surface area contributed by atoms with Gasteiger partial charge in [0.2, 0.25) is 0 Å². The topological polar surface area (TPSA) is 58.6 Å². The SMILES string of the molecule is Cc1ccc(-c2csc(S[C@@H](C)c3nc4ccccc4c(=O)[nH]3)n2)cc1. The highest BCUT2D eigenvalue weighted by Gasteiger charge is 2.15. The third kappa shape index (κ3) is 3.43. The van der Waals surface area contributed by atoms with Crippen molar-refractivity contribution in [1.29, 1.82) is 0 Å². The number of thioether (sulfide) groups is 1. The highest BCUT2D eigenvalue weighted by Crippen LogP contribution is 2.36. The van der Waals surface area contributed by atoms with Crippen molar-refractivity contribution in [1.82, 2.24) is 15.0 Å². The van der Waals surface area contributed by atoms with Crippen LogP contribution in [-0.4, -0.2) is 15.0 Å². The molecule has 4 nitrogen and oxygen atoms in total. The van der Waals surface area contributed by atoms with E-state index in [-0.39, 0.29) is 10.8 Å². The molecule has 26 heavy (non-hydrogen) atoms. The smallest absolute Gasteiger partial charge is 0.258 e. The quantitative estimate of drug-likeness (QED) is 0.495. The molecular weight excluding hydrogens is 362 g/mol. The molecule has 0 fully saturated rings. The van der Waals surface area contributed by atoms with Crippen LogP contribution in [0.5, 0.6) is 0 Å². The summed E-state index contributed by atoms with van der Waals surface area (Å²) in [5.41, 5.74) is 3.95. The third-order valence-electron chi connectivity index (χ3n) is 4.12. The van der Waals surface area contributed by atoms with Crippen LogP contribution in [0.25, 0.3) is 22.2 Å². The molecule has 0 aliphatic carbocycles. The standard InChI is InChI=1S/C20H17N3OS2/c1-12-7-9-14(10-8-12)17-11-25-20(22-17)26-13(2)18-21-16-6-4-3-5-15(16)19(24)23-18/h3-11,13H,1-2H3,(H,21,23,24)/t13-/m0/s1. The fourth-order valence-electron chi connectivity index (χ4n) is 2.67. The summed E-state index contributed by atoms with van der Waals surface area (Å²) >= 11 is 3.22. The second-order valence-electron chi connectivity index (χ2n) is 6.09. The number of aryl methyl sites for hydroxylation is 1. The second kappa shape index (κ2) is 7.05. The van der Waals surface area contributed by atoms with Crippen LogP contribution < -0.4 is 5.56 Å². The fourth-order valence-corrected chi connectivity index (χ4v) is 4.70. The second-order valence-corrected chi connectivity index (χ2v) is 8.54. The van der Waals surface area contributed by atoms with Gasteiger partial charge in [-0.25, -0.2) is 9.97 Å². The number of thiazole rings is 1. The Morgan fingerprint density at radius 3 is 2.65 bits per heavy atom. The molecule has 0 spiro atoms. The molecule has 0 unspecified atom stereocenters. The lowest BCUT2D eigenvalue weighted by Gasteiger charge is -2.09. The van der Waals surface area contributed by atoms with Crippen molar-refractivity contribution < 1.29 is 0 Å². The largest absolute Gasteiger partial charge is 0.309 e. The summed E-state index contributed by atoms with van der Waals surface area (Å²) < 4.78 is 0.962. The first-order valence-corrected chi connectivity index (χ1v) is 10.0. The Balaban J connectivity index is 1.58. The molecule has 6 heteroatoms. The first-order valence-electron chi connectivity index (χ1n) is 8.28. The van der Waals surface area contributed by atoms with E-state index in [1.54, 1.807) is 29.2 Å². The van der Waals surface area contributed by atoms with E-state index in [1.165, 1.54) is 5.56 Å². The van der Waals surface area contributed by atoms with Crippen LogP contribution in [0.15, 0.2) is 63.0 Å². The molecule has 0 saturated heterocycles. The minimum atomic E-state index is -0.0995. The van der Waals surface area contributed by atoms with E-state index in [1.807, 2.05) is 25.1 Å². The number of nitrogens with one attached hydrogen (secondary N) is 1. The minimum Gasteiger partial charge on any atom is -0.309 e. The lowest BCUT2D eigenvalue weighted by molar-refractivity contribution is 0.921. The van der Waals surface area contributed by atoms with Gasteiger partial charge in [-0.3, -0.25) is 4.79 Å². The molecule has 4 aromatic rings. The fraction of sp³-hybridized carbons (Fsp3) is 0.150. The molecular formula is C20H17N3OS2. The Hall–Kier alpha value is -2.44. The monoisotopic (exact) mass is 379 g/mol. The van der Waals surface area contributed by atoms with Crippen molar-refractivity contribution in [2.24, 2.45) is 0 Å². The highest BCUT2D eigenvalue weighted by molar-refractivity contribution is 8.01. The van der Waals surface area contributed by atoms with Gasteiger partial charge in [0, 0.05) is 10.9 Å². The van der Waals surface area contributed by atoms with Crippen LogP contribution in [0.1, 0.15) is 23.6 Å². The average molecular weight is 380 g/mol. The number of para-hydroxylation sites is 1. The van der Waals surface area contributed by atoms with Crippen LogP contribution >= 0.6 is 23.1 Å². The van der Waals surface area contributed by atoms with Crippen molar-refractivity contribution in [3.8, 4) is 11.3 Å². The van der Waals surface area contributed by atoms with Gasteiger partial charge < -0.3 is 4.98 Å². The first kappa shape index (κ1) is 17.0. The molecule has 0 saturated carbocycles. The lowest BCUT2D eigenvalue weighted by Crippen LogP contribution is -2.12. The van der Waals surface area contributed by atoms with Crippen molar-refractivity contribution in [2.75, 3.05) is 0 Å². The maximum Gasteiger partial charge on any atom is 0.258 e. The number of fused-ring (bicyclic) bond motifs is 1.